The lowest BCUT2D eigenvalue weighted by atomic mass is 10.1. The molecule has 0 bridgehead atoms. The predicted octanol–water partition coefficient (Wildman–Crippen LogP) is 4.61. The van der Waals surface area contributed by atoms with Gasteiger partial charge >= 0.3 is 0 Å². The van der Waals surface area contributed by atoms with Crippen LogP contribution in [0.4, 0.5) is 0 Å². The summed E-state index contributed by atoms with van der Waals surface area (Å²) in [7, 11) is 3.11. The highest BCUT2D eigenvalue weighted by Gasteiger charge is 2.16. The molecule has 0 unspecified atom stereocenters. The highest BCUT2D eigenvalue weighted by atomic mass is 35.5. The first-order valence-corrected chi connectivity index (χ1v) is 10.0. The van der Waals surface area contributed by atoms with E-state index in [2.05, 4.69) is 10.2 Å². The van der Waals surface area contributed by atoms with Crippen molar-refractivity contribution in [2.24, 2.45) is 0 Å². The lowest BCUT2D eigenvalue weighted by Crippen LogP contribution is -2.06. The molecule has 0 aliphatic rings. The number of carbonyl (C=O) groups excluding carboxylic acids is 1. The second-order valence-corrected chi connectivity index (χ2v) is 7.22. The number of methoxy groups -OCH3 is 2. The lowest BCUT2D eigenvalue weighted by Gasteiger charge is -2.09. The van der Waals surface area contributed by atoms with Crippen molar-refractivity contribution in [2.45, 2.75) is 18.6 Å². The molecule has 0 fully saturated rings. The molecule has 6 nitrogen and oxygen atoms in total. The minimum absolute atomic E-state index is 0.0235. The largest absolute Gasteiger partial charge is 0.493 e. The van der Waals surface area contributed by atoms with Crippen molar-refractivity contribution >= 4 is 29.1 Å². The lowest BCUT2D eigenvalue weighted by molar-refractivity contribution is 0.102. The molecule has 28 heavy (non-hydrogen) atoms. The van der Waals surface area contributed by atoms with Gasteiger partial charge in [-0.2, -0.15) is 0 Å². The summed E-state index contributed by atoms with van der Waals surface area (Å²) in [4.78, 5) is 12.6. The maximum Gasteiger partial charge on any atom is 0.191 e. The van der Waals surface area contributed by atoms with Crippen molar-refractivity contribution in [1.29, 1.82) is 0 Å². The van der Waals surface area contributed by atoms with Crippen LogP contribution >= 0.6 is 23.4 Å². The number of rotatable bonds is 8. The highest BCUT2D eigenvalue weighted by Crippen LogP contribution is 2.29. The van der Waals surface area contributed by atoms with Crippen LogP contribution in [0.5, 0.6) is 11.5 Å². The van der Waals surface area contributed by atoms with E-state index in [0.717, 1.165) is 11.4 Å². The van der Waals surface area contributed by atoms with Crippen molar-refractivity contribution in [3.05, 3.63) is 53.1 Å². The SMILES string of the molecule is CCn1c(SCC(=O)c2ccc(OC)c(OC)c2)nnc1-c1ccc(Cl)cc1. The van der Waals surface area contributed by atoms with Crippen LogP contribution in [-0.4, -0.2) is 40.5 Å². The van der Waals surface area contributed by atoms with Gasteiger partial charge in [0.25, 0.3) is 0 Å². The van der Waals surface area contributed by atoms with Crippen molar-refractivity contribution in [3.63, 3.8) is 0 Å². The third kappa shape index (κ3) is 4.31. The summed E-state index contributed by atoms with van der Waals surface area (Å²) in [6.07, 6.45) is 0. The molecule has 1 heterocycles. The van der Waals surface area contributed by atoms with Crippen LogP contribution < -0.4 is 9.47 Å². The number of hydrogen-bond donors (Lipinski definition) is 0. The van der Waals surface area contributed by atoms with E-state index in [1.807, 2.05) is 35.8 Å². The van der Waals surface area contributed by atoms with Crippen LogP contribution in [-0.2, 0) is 6.54 Å². The second kappa shape index (κ2) is 9.12. The zero-order valence-corrected chi connectivity index (χ0v) is 17.4. The molecular formula is C20H20ClN3O3S. The highest BCUT2D eigenvalue weighted by molar-refractivity contribution is 7.99. The van der Waals surface area contributed by atoms with Crippen molar-refractivity contribution in [1.82, 2.24) is 14.8 Å². The van der Waals surface area contributed by atoms with E-state index in [4.69, 9.17) is 21.1 Å². The van der Waals surface area contributed by atoms with Gasteiger partial charge in [0.05, 0.1) is 20.0 Å². The molecule has 3 aromatic rings. The zero-order valence-electron chi connectivity index (χ0n) is 15.8. The molecule has 8 heteroatoms. The van der Waals surface area contributed by atoms with Gasteiger partial charge in [-0.3, -0.25) is 4.79 Å². The Bertz CT molecular complexity index is 973. The Labute approximate surface area is 172 Å². The molecule has 3 rings (SSSR count). The summed E-state index contributed by atoms with van der Waals surface area (Å²) in [5.74, 6) is 2.09. The number of aromatic nitrogens is 3. The molecule has 0 spiro atoms. The number of thioether (sulfide) groups is 1. The molecule has 0 aliphatic heterocycles. The Kier molecular flexibility index (Phi) is 6.59. The Morgan fingerprint density at radius 3 is 2.43 bits per heavy atom. The number of Topliss-reactive ketones (excluding diaryl/α,β-unsaturated/α-hetero) is 1. The maximum atomic E-state index is 12.6. The van der Waals surface area contributed by atoms with Gasteiger partial charge in [-0.1, -0.05) is 23.4 Å². The molecule has 2 aromatic carbocycles. The number of ether oxygens (including phenoxy) is 2. The first-order valence-electron chi connectivity index (χ1n) is 8.64. The fraction of sp³-hybridized carbons (Fsp3) is 0.250. The third-order valence-corrected chi connectivity index (χ3v) is 5.39. The number of halogens is 1. The monoisotopic (exact) mass is 417 g/mol. The topological polar surface area (TPSA) is 66.2 Å². The van der Waals surface area contributed by atoms with E-state index in [1.54, 1.807) is 32.4 Å². The first kappa shape index (κ1) is 20.2. The van der Waals surface area contributed by atoms with Crippen LogP contribution in [0.3, 0.4) is 0 Å². The van der Waals surface area contributed by atoms with Crippen LogP contribution in [0.15, 0.2) is 47.6 Å². The molecular weight excluding hydrogens is 398 g/mol. The fourth-order valence-electron chi connectivity index (χ4n) is 2.72. The van der Waals surface area contributed by atoms with Crippen molar-refractivity contribution in [2.75, 3.05) is 20.0 Å². The van der Waals surface area contributed by atoms with Crippen LogP contribution in [0.25, 0.3) is 11.4 Å². The van der Waals surface area contributed by atoms with E-state index in [-0.39, 0.29) is 11.5 Å². The maximum absolute atomic E-state index is 12.6. The molecule has 0 saturated heterocycles. The quantitative estimate of drug-likeness (QED) is 0.394. The van der Waals surface area contributed by atoms with Gasteiger partial charge in [0.15, 0.2) is 28.3 Å². The summed E-state index contributed by atoms with van der Waals surface area (Å²) < 4.78 is 12.5. The summed E-state index contributed by atoms with van der Waals surface area (Å²) in [5.41, 5.74) is 1.49. The van der Waals surface area contributed by atoms with Crippen molar-refractivity contribution in [3.8, 4) is 22.9 Å². The van der Waals surface area contributed by atoms with Crippen LogP contribution in [0.2, 0.25) is 5.02 Å². The van der Waals surface area contributed by atoms with Gasteiger partial charge in [-0.15, -0.1) is 10.2 Å². The normalized spacial score (nSPS) is 10.7. The van der Waals surface area contributed by atoms with E-state index in [0.29, 0.717) is 33.8 Å². The van der Waals surface area contributed by atoms with Gasteiger partial charge in [-0.05, 0) is 49.4 Å². The summed E-state index contributed by atoms with van der Waals surface area (Å²) >= 11 is 7.32. The molecule has 0 aliphatic carbocycles. The second-order valence-electron chi connectivity index (χ2n) is 5.84. The first-order chi connectivity index (χ1) is 13.6. The van der Waals surface area contributed by atoms with Gasteiger partial charge in [0.1, 0.15) is 0 Å². The number of hydrogen-bond acceptors (Lipinski definition) is 6. The minimum Gasteiger partial charge on any atom is -0.493 e. The molecule has 146 valence electrons. The standard InChI is InChI=1S/C20H20ClN3O3S/c1-4-24-19(13-5-8-15(21)9-6-13)22-23-20(24)28-12-16(25)14-7-10-17(26-2)18(11-14)27-3/h5-11H,4,12H2,1-3H3. The van der Waals surface area contributed by atoms with Crippen LogP contribution in [0, 0.1) is 0 Å². The molecule has 0 saturated carbocycles. The molecule has 0 atom stereocenters. The molecule has 0 amide bonds. The molecule has 1 aromatic heterocycles. The van der Waals surface area contributed by atoms with Gasteiger partial charge in [0, 0.05) is 22.7 Å². The van der Waals surface area contributed by atoms with Gasteiger partial charge in [0.2, 0.25) is 0 Å². The average molecular weight is 418 g/mol. The Hall–Kier alpha value is -2.51. The summed E-state index contributed by atoms with van der Waals surface area (Å²) in [6, 6.07) is 12.6. The van der Waals surface area contributed by atoms with E-state index in [9.17, 15) is 4.79 Å². The number of carbonyl (C=O) groups is 1. The Morgan fingerprint density at radius 1 is 1.07 bits per heavy atom. The van der Waals surface area contributed by atoms with E-state index in [1.165, 1.54) is 11.8 Å². The summed E-state index contributed by atoms with van der Waals surface area (Å²) in [5, 5.41) is 9.91. The average Bonchev–Trinajstić information content (AvgIpc) is 3.14. The molecule has 0 radical (unpaired) electrons. The minimum atomic E-state index is -0.0235. The Balaban J connectivity index is 1.76. The smallest absolute Gasteiger partial charge is 0.191 e. The Morgan fingerprint density at radius 2 is 1.79 bits per heavy atom. The number of ketones is 1. The summed E-state index contributed by atoms with van der Waals surface area (Å²) in [6.45, 7) is 2.71. The number of benzene rings is 2. The van der Waals surface area contributed by atoms with Crippen LogP contribution in [0.1, 0.15) is 17.3 Å². The molecule has 0 N–H and O–H groups in total. The fourth-order valence-corrected chi connectivity index (χ4v) is 3.74. The third-order valence-electron chi connectivity index (χ3n) is 4.17. The zero-order chi connectivity index (χ0) is 20.1. The van der Waals surface area contributed by atoms with Crippen molar-refractivity contribution < 1.29 is 14.3 Å². The number of nitrogens with zero attached hydrogens (tertiary/aromatic N) is 3. The van der Waals surface area contributed by atoms with E-state index >= 15 is 0 Å². The van der Waals surface area contributed by atoms with Gasteiger partial charge < -0.3 is 14.0 Å². The van der Waals surface area contributed by atoms with E-state index < -0.39 is 0 Å². The van der Waals surface area contributed by atoms with Gasteiger partial charge in [-0.25, -0.2) is 0 Å². The predicted molar refractivity (Wildman–Crippen MR) is 111 cm³/mol.